The summed E-state index contributed by atoms with van der Waals surface area (Å²) in [6.45, 7) is 6.47. The van der Waals surface area contributed by atoms with E-state index in [1.807, 2.05) is 6.08 Å². The monoisotopic (exact) mass is 1020 g/mol. The van der Waals surface area contributed by atoms with Crippen LogP contribution in [-0.2, 0) is 28.6 Å². The Morgan fingerprint density at radius 3 is 0.904 bits per heavy atom. The van der Waals surface area contributed by atoms with Crippen LogP contribution < -0.4 is 0 Å². The molecule has 0 radical (unpaired) electrons. The molecule has 0 spiro atoms. The maximum absolute atomic E-state index is 12.8. The first-order valence-corrected chi connectivity index (χ1v) is 31.4. The van der Waals surface area contributed by atoms with Crippen molar-refractivity contribution < 1.29 is 28.6 Å². The van der Waals surface area contributed by atoms with Gasteiger partial charge in [-0.3, -0.25) is 14.4 Å². The van der Waals surface area contributed by atoms with E-state index in [9.17, 15) is 14.4 Å². The highest BCUT2D eigenvalue weighted by atomic mass is 16.6. The Morgan fingerprint density at radius 1 is 0.288 bits per heavy atom. The van der Waals surface area contributed by atoms with Crippen molar-refractivity contribution in [2.45, 2.75) is 322 Å². The quantitative estimate of drug-likeness (QED) is 0.0261. The number of hydrogen-bond donors (Lipinski definition) is 0. The summed E-state index contributed by atoms with van der Waals surface area (Å²) in [7, 11) is 0. The summed E-state index contributed by atoms with van der Waals surface area (Å²) >= 11 is 0. The highest BCUT2D eigenvalue weighted by Gasteiger charge is 2.19. The van der Waals surface area contributed by atoms with Gasteiger partial charge in [0.2, 0.25) is 0 Å². The molecule has 1 atom stereocenters. The molecule has 0 bridgehead atoms. The van der Waals surface area contributed by atoms with Crippen LogP contribution in [-0.4, -0.2) is 37.2 Å². The molecule has 0 heterocycles. The van der Waals surface area contributed by atoms with Gasteiger partial charge in [0, 0.05) is 19.3 Å². The predicted octanol–water partition coefficient (Wildman–Crippen LogP) is 21.3. The zero-order chi connectivity index (χ0) is 52.9. The SMILES string of the molecule is CC/C=C\C/C=C\C/C=C\C/C=C\CCC(=O)OC(COC(=O)CCCCCCC/C=C\CCCCCC)COC(=O)CCCCCCCCCCCCCCCCCCC/C=C\CCCCCCCCCC. The van der Waals surface area contributed by atoms with Gasteiger partial charge in [-0.1, -0.05) is 273 Å². The smallest absolute Gasteiger partial charge is 0.306 e. The van der Waals surface area contributed by atoms with Crippen molar-refractivity contribution in [2.24, 2.45) is 0 Å². The van der Waals surface area contributed by atoms with Gasteiger partial charge in [-0.15, -0.1) is 0 Å². The zero-order valence-corrected chi connectivity index (χ0v) is 48.4. The average Bonchev–Trinajstić information content (AvgIpc) is 3.39. The molecule has 6 nitrogen and oxygen atoms in total. The Morgan fingerprint density at radius 2 is 0.562 bits per heavy atom. The fourth-order valence-corrected chi connectivity index (χ4v) is 8.98. The van der Waals surface area contributed by atoms with E-state index >= 15 is 0 Å². The van der Waals surface area contributed by atoms with Crippen molar-refractivity contribution in [1.82, 2.24) is 0 Å². The summed E-state index contributed by atoms with van der Waals surface area (Å²) in [5.74, 6) is -0.986. The van der Waals surface area contributed by atoms with Crippen LogP contribution in [0.1, 0.15) is 316 Å². The first-order chi connectivity index (χ1) is 36.0. The molecule has 1 unspecified atom stereocenters. The molecule has 0 aliphatic rings. The molecule has 73 heavy (non-hydrogen) atoms. The van der Waals surface area contributed by atoms with Gasteiger partial charge in [-0.2, -0.15) is 0 Å². The molecule has 0 amide bonds. The number of carbonyl (C=O) groups excluding carboxylic acids is 3. The Hall–Kier alpha value is -3.15. The average molecular weight is 1020 g/mol. The van der Waals surface area contributed by atoms with Crippen LogP contribution in [0.3, 0.4) is 0 Å². The normalized spacial score (nSPS) is 12.5. The largest absolute Gasteiger partial charge is 0.462 e. The summed E-state index contributed by atoms with van der Waals surface area (Å²) in [5.41, 5.74) is 0. The molecule has 0 aromatic heterocycles. The van der Waals surface area contributed by atoms with Crippen LogP contribution in [0.25, 0.3) is 0 Å². The maximum Gasteiger partial charge on any atom is 0.306 e. The van der Waals surface area contributed by atoms with E-state index in [1.54, 1.807) is 0 Å². The summed E-state index contributed by atoms with van der Waals surface area (Å²) in [6.07, 6.45) is 79.5. The van der Waals surface area contributed by atoms with Gasteiger partial charge in [0.05, 0.1) is 0 Å². The summed E-state index contributed by atoms with van der Waals surface area (Å²) in [4.78, 5) is 38.1. The van der Waals surface area contributed by atoms with Crippen molar-refractivity contribution in [3.8, 4) is 0 Å². The molecule has 0 rings (SSSR count). The van der Waals surface area contributed by atoms with Crippen LogP contribution >= 0.6 is 0 Å². The van der Waals surface area contributed by atoms with Crippen LogP contribution in [0.15, 0.2) is 72.9 Å². The number of rotatable bonds is 57. The maximum atomic E-state index is 12.8. The Kier molecular flexibility index (Phi) is 58.7. The van der Waals surface area contributed by atoms with Gasteiger partial charge in [0.1, 0.15) is 13.2 Å². The molecule has 422 valence electrons. The minimum absolute atomic E-state index is 0.104. The van der Waals surface area contributed by atoms with Crippen molar-refractivity contribution in [1.29, 1.82) is 0 Å². The third kappa shape index (κ3) is 59.6. The topological polar surface area (TPSA) is 78.9 Å². The number of allylic oxidation sites excluding steroid dienone is 12. The fraction of sp³-hybridized carbons (Fsp3) is 0.776. The molecule has 0 aromatic carbocycles. The Balaban J connectivity index is 4.19. The molecule has 0 N–H and O–H groups in total. The number of ether oxygens (including phenoxy) is 3. The van der Waals surface area contributed by atoms with Crippen molar-refractivity contribution in [3.63, 3.8) is 0 Å². The molecular weight excluding hydrogens is 901 g/mol. The first kappa shape index (κ1) is 69.8. The molecule has 0 aliphatic heterocycles. The van der Waals surface area contributed by atoms with Gasteiger partial charge in [0.25, 0.3) is 0 Å². The molecule has 0 aromatic rings. The molecular formula is C67H118O6. The molecule has 0 saturated carbocycles. The van der Waals surface area contributed by atoms with E-state index < -0.39 is 6.10 Å². The Labute approximate surface area is 453 Å². The highest BCUT2D eigenvalue weighted by molar-refractivity contribution is 5.71. The second-order valence-electron chi connectivity index (χ2n) is 20.9. The minimum atomic E-state index is -0.815. The lowest BCUT2D eigenvalue weighted by Gasteiger charge is -2.18. The minimum Gasteiger partial charge on any atom is -0.462 e. The van der Waals surface area contributed by atoms with Crippen LogP contribution in [0, 0.1) is 0 Å². The molecule has 6 heteroatoms. The van der Waals surface area contributed by atoms with Crippen molar-refractivity contribution >= 4 is 17.9 Å². The number of esters is 3. The van der Waals surface area contributed by atoms with Crippen molar-refractivity contribution in [3.05, 3.63) is 72.9 Å². The second-order valence-corrected chi connectivity index (χ2v) is 20.9. The standard InChI is InChI=1S/C67H118O6/c1-4-7-10-13-16-19-22-25-26-27-28-29-30-31-32-33-34-35-36-37-38-39-40-43-45-48-51-54-57-60-66(69)72-63-64(73-67(70)61-58-55-52-49-46-42-24-21-18-15-12-9-6-3)62-71-65(68)59-56-53-50-47-44-41-23-20-17-14-11-8-5-2/h9,12,18,20-21,23,27-28,42,46,52,55,64H,4-8,10-11,13-17,19,22,24-26,29-41,43-45,47-51,53-54,56-63H2,1-3H3/b12-9-,21-18-,23-20-,28-27-,46-42-,55-52-. The molecule has 0 aliphatic carbocycles. The van der Waals surface area contributed by atoms with Gasteiger partial charge < -0.3 is 14.2 Å². The first-order valence-electron chi connectivity index (χ1n) is 31.4. The van der Waals surface area contributed by atoms with Crippen LogP contribution in [0.4, 0.5) is 0 Å². The van der Waals surface area contributed by atoms with E-state index in [1.165, 1.54) is 193 Å². The third-order valence-corrected chi connectivity index (χ3v) is 13.7. The van der Waals surface area contributed by atoms with Gasteiger partial charge in [-0.25, -0.2) is 0 Å². The number of hydrogen-bond acceptors (Lipinski definition) is 6. The van der Waals surface area contributed by atoms with E-state index in [2.05, 4.69) is 87.6 Å². The zero-order valence-electron chi connectivity index (χ0n) is 48.4. The van der Waals surface area contributed by atoms with Gasteiger partial charge in [-0.05, 0) is 96.3 Å². The lowest BCUT2D eigenvalue weighted by Crippen LogP contribution is -2.30. The fourth-order valence-electron chi connectivity index (χ4n) is 8.98. The predicted molar refractivity (Wildman–Crippen MR) is 316 cm³/mol. The summed E-state index contributed by atoms with van der Waals surface area (Å²) in [5, 5.41) is 0. The molecule has 0 saturated heterocycles. The van der Waals surface area contributed by atoms with E-state index in [0.717, 1.165) is 77.0 Å². The van der Waals surface area contributed by atoms with Gasteiger partial charge >= 0.3 is 17.9 Å². The van der Waals surface area contributed by atoms with Crippen molar-refractivity contribution in [2.75, 3.05) is 13.2 Å². The summed E-state index contributed by atoms with van der Waals surface area (Å²) < 4.78 is 16.8. The number of carbonyl (C=O) groups is 3. The highest BCUT2D eigenvalue weighted by Crippen LogP contribution is 2.17. The third-order valence-electron chi connectivity index (χ3n) is 13.7. The van der Waals surface area contributed by atoms with Crippen LogP contribution in [0.5, 0.6) is 0 Å². The number of unbranched alkanes of at least 4 members (excludes halogenated alkanes) is 34. The second kappa shape index (κ2) is 61.4. The van der Waals surface area contributed by atoms with E-state index in [-0.39, 0.29) is 37.5 Å². The van der Waals surface area contributed by atoms with Gasteiger partial charge in [0.15, 0.2) is 6.10 Å². The van der Waals surface area contributed by atoms with E-state index in [0.29, 0.717) is 19.3 Å². The molecule has 0 fully saturated rings. The lowest BCUT2D eigenvalue weighted by molar-refractivity contribution is -0.166. The lowest BCUT2D eigenvalue weighted by atomic mass is 10.0. The Bertz CT molecular complexity index is 1360. The summed E-state index contributed by atoms with van der Waals surface area (Å²) in [6, 6.07) is 0. The van der Waals surface area contributed by atoms with Crippen LogP contribution in [0.2, 0.25) is 0 Å². The van der Waals surface area contributed by atoms with E-state index in [4.69, 9.17) is 14.2 Å².